The van der Waals surface area contributed by atoms with Crippen LogP contribution in [0.2, 0.25) is 0 Å². The second-order valence-corrected chi connectivity index (χ2v) is 7.55. The Morgan fingerprint density at radius 2 is 1.63 bits per heavy atom. The Bertz CT molecular complexity index is 1040. The SMILES string of the molecule is CN1CCN(/N=c2/cc(-c3ccccc3)oc3ccc(F)cc23)CC1.[O-][Cl+3]([O-])([O-])O. The van der Waals surface area contributed by atoms with Gasteiger partial charge in [0.2, 0.25) is 0 Å². The highest BCUT2D eigenvalue weighted by molar-refractivity contribution is 5.78. The van der Waals surface area contributed by atoms with E-state index in [1.165, 1.54) is 12.1 Å². The van der Waals surface area contributed by atoms with Crippen LogP contribution in [0.4, 0.5) is 4.39 Å². The minimum Gasteiger partial charge on any atom is -0.456 e. The van der Waals surface area contributed by atoms with Crippen LogP contribution in [0.15, 0.2) is 64.1 Å². The molecule has 8 nitrogen and oxygen atoms in total. The lowest BCUT2D eigenvalue weighted by atomic mass is 10.1. The van der Waals surface area contributed by atoms with E-state index in [2.05, 4.69) is 17.0 Å². The summed E-state index contributed by atoms with van der Waals surface area (Å²) in [6, 6.07) is 16.4. The molecule has 1 aromatic heterocycles. The zero-order valence-electron chi connectivity index (χ0n) is 16.2. The third-order valence-corrected chi connectivity index (χ3v) is 4.49. The van der Waals surface area contributed by atoms with Crippen LogP contribution in [0.1, 0.15) is 0 Å². The van der Waals surface area contributed by atoms with Crippen molar-refractivity contribution in [1.29, 1.82) is 0 Å². The van der Waals surface area contributed by atoms with Crippen LogP contribution in [0.3, 0.4) is 0 Å². The summed E-state index contributed by atoms with van der Waals surface area (Å²) in [4.78, 5) is 2.28. The van der Waals surface area contributed by atoms with Crippen molar-refractivity contribution in [1.82, 2.24) is 9.91 Å². The molecule has 1 saturated heterocycles. The molecule has 160 valence electrons. The van der Waals surface area contributed by atoms with E-state index in [4.69, 9.17) is 28.2 Å². The molecule has 30 heavy (non-hydrogen) atoms. The standard InChI is InChI=1S/C20H20FN3O.ClHO4/c1-23-9-11-24(12-10-23)22-18-14-20(15-5-3-2-4-6-15)25-19-8-7-16(21)13-17(18)19;2-1(3,4)5/h2-8,13-14H,9-12H2,1H3;(H,2,3,4,5)/b22-18-;. The first-order chi connectivity index (χ1) is 14.2. The third kappa shape index (κ3) is 6.49. The number of benzene rings is 2. The summed E-state index contributed by atoms with van der Waals surface area (Å²) < 4.78 is 52.5. The first kappa shape index (κ1) is 22.2. The van der Waals surface area contributed by atoms with Crippen molar-refractivity contribution in [3.8, 4) is 11.3 Å². The molecular weight excluding hydrogens is 417 g/mol. The van der Waals surface area contributed by atoms with Gasteiger partial charge in [0, 0.05) is 43.2 Å². The van der Waals surface area contributed by atoms with Crippen molar-refractivity contribution < 1.29 is 37.7 Å². The van der Waals surface area contributed by atoms with Crippen LogP contribution in [0.25, 0.3) is 22.3 Å². The molecule has 0 atom stereocenters. The van der Waals surface area contributed by atoms with E-state index >= 15 is 0 Å². The van der Waals surface area contributed by atoms with Gasteiger partial charge in [-0.2, -0.15) is 19.1 Å². The lowest BCUT2D eigenvalue weighted by Gasteiger charge is -2.30. The first-order valence-corrected chi connectivity index (χ1v) is 10.4. The maximum atomic E-state index is 13.8. The Balaban J connectivity index is 0.000000461. The van der Waals surface area contributed by atoms with E-state index in [0.29, 0.717) is 11.0 Å². The Labute approximate surface area is 174 Å². The molecule has 2 heterocycles. The quantitative estimate of drug-likeness (QED) is 0.555. The number of likely N-dealkylation sites (N-methyl/N-ethyl adjacent to an activating group) is 1. The van der Waals surface area contributed by atoms with Crippen molar-refractivity contribution >= 4 is 11.0 Å². The van der Waals surface area contributed by atoms with E-state index in [1.54, 1.807) is 6.07 Å². The molecule has 1 fully saturated rings. The predicted molar refractivity (Wildman–Crippen MR) is 98.5 cm³/mol. The maximum absolute atomic E-state index is 13.8. The van der Waals surface area contributed by atoms with Crippen molar-refractivity contribution in [3.05, 3.63) is 65.8 Å². The summed E-state index contributed by atoms with van der Waals surface area (Å²) in [5.41, 5.74) is 1.61. The fraction of sp³-hybridized carbons (Fsp3) is 0.250. The Kier molecular flexibility index (Phi) is 7.03. The topological polar surface area (TPSA) is 121 Å². The molecule has 3 aromatic rings. The molecule has 1 aliphatic rings. The van der Waals surface area contributed by atoms with Crippen LogP contribution >= 0.6 is 0 Å². The number of nitrogens with zero attached hydrogens (tertiary/aromatic N) is 3. The van der Waals surface area contributed by atoms with Gasteiger partial charge >= 0.3 is 0 Å². The minimum atomic E-state index is -4.69. The largest absolute Gasteiger partial charge is 0.456 e. The van der Waals surface area contributed by atoms with E-state index < -0.39 is 10.2 Å². The molecule has 4 rings (SSSR count). The summed E-state index contributed by atoms with van der Waals surface area (Å²) in [7, 11) is -2.59. The highest BCUT2D eigenvalue weighted by atomic mass is 35.7. The molecule has 1 aliphatic heterocycles. The molecule has 10 heteroatoms. The molecule has 0 saturated carbocycles. The number of fused-ring (bicyclic) bond motifs is 1. The van der Waals surface area contributed by atoms with Gasteiger partial charge in [-0.1, -0.05) is 30.3 Å². The van der Waals surface area contributed by atoms with Gasteiger partial charge in [-0.25, -0.2) is 4.39 Å². The monoisotopic (exact) mass is 437 g/mol. The minimum absolute atomic E-state index is 0.287. The number of piperazine rings is 1. The number of hydrogen-bond acceptors (Lipinski definition) is 8. The van der Waals surface area contributed by atoms with Crippen LogP contribution in [-0.2, 0) is 0 Å². The normalized spacial score (nSPS) is 15.8. The smallest absolute Gasteiger partial charge is 0.137 e. The van der Waals surface area contributed by atoms with Crippen molar-refractivity contribution in [2.45, 2.75) is 0 Å². The molecule has 0 unspecified atom stereocenters. The summed E-state index contributed by atoms with van der Waals surface area (Å²) in [5, 5.41) is 8.27. The Hall–Kier alpha value is -2.53. The van der Waals surface area contributed by atoms with E-state index in [0.717, 1.165) is 42.9 Å². The van der Waals surface area contributed by atoms with Crippen molar-refractivity contribution in [2.24, 2.45) is 5.10 Å². The first-order valence-electron chi connectivity index (χ1n) is 9.09. The molecule has 0 bridgehead atoms. The number of halogens is 2. The second kappa shape index (κ2) is 9.52. The number of rotatable bonds is 2. The zero-order chi connectivity index (χ0) is 21.7. The molecular formula is C20H21ClFN3O5. The van der Waals surface area contributed by atoms with Gasteiger partial charge < -0.3 is 9.32 Å². The van der Waals surface area contributed by atoms with E-state index in [-0.39, 0.29) is 5.82 Å². The van der Waals surface area contributed by atoms with Crippen LogP contribution in [-0.4, -0.2) is 47.8 Å². The molecule has 0 spiro atoms. The Morgan fingerprint density at radius 3 is 2.27 bits per heavy atom. The van der Waals surface area contributed by atoms with Gasteiger partial charge in [-0.15, -0.1) is 0 Å². The van der Waals surface area contributed by atoms with Gasteiger partial charge in [0.15, 0.2) is 0 Å². The van der Waals surface area contributed by atoms with Gasteiger partial charge in [-0.3, -0.25) is 5.01 Å². The summed E-state index contributed by atoms with van der Waals surface area (Å²) in [6.45, 7) is 3.66. The highest BCUT2D eigenvalue weighted by Gasteiger charge is 2.13. The van der Waals surface area contributed by atoms with Crippen LogP contribution in [0, 0.1) is 16.1 Å². The maximum Gasteiger partial charge on any atom is 0.137 e. The van der Waals surface area contributed by atoms with Crippen molar-refractivity contribution in [3.63, 3.8) is 0 Å². The predicted octanol–water partition coefficient (Wildman–Crippen LogP) is -0.822. The summed E-state index contributed by atoms with van der Waals surface area (Å²) >= 11 is 0. The van der Waals surface area contributed by atoms with Gasteiger partial charge in [-0.05, 0) is 25.2 Å². The lowest BCUT2D eigenvalue weighted by molar-refractivity contribution is -1.92. The van der Waals surface area contributed by atoms with Crippen LogP contribution in [0.5, 0.6) is 0 Å². The molecule has 0 amide bonds. The fourth-order valence-electron chi connectivity index (χ4n) is 3.02. The third-order valence-electron chi connectivity index (χ3n) is 4.49. The zero-order valence-corrected chi connectivity index (χ0v) is 17.0. The van der Waals surface area contributed by atoms with E-state index in [9.17, 15) is 4.39 Å². The second-order valence-electron chi connectivity index (χ2n) is 6.76. The average molecular weight is 438 g/mol. The molecule has 0 radical (unpaired) electrons. The average Bonchev–Trinajstić information content (AvgIpc) is 2.69. The lowest BCUT2D eigenvalue weighted by Crippen LogP contribution is -2.58. The Morgan fingerprint density at radius 1 is 1.00 bits per heavy atom. The highest BCUT2D eigenvalue weighted by Crippen LogP contribution is 2.22. The van der Waals surface area contributed by atoms with Gasteiger partial charge in [0.25, 0.3) is 0 Å². The van der Waals surface area contributed by atoms with Crippen LogP contribution < -0.4 is 19.3 Å². The van der Waals surface area contributed by atoms with Crippen molar-refractivity contribution in [2.75, 3.05) is 33.2 Å². The van der Waals surface area contributed by atoms with Gasteiger partial charge in [0.1, 0.15) is 17.2 Å². The summed E-state index contributed by atoms with van der Waals surface area (Å²) in [5.74, 6) is 0.442. The van der Waals surface area contributed by atoms with Gasteiger partial charge in [0.05, 0.1) is 20.3 Å². The molecule has 2 aromatic carbocycles. The molecule has 0 aliphatic carbocycles. The number of hydrogen-bond donors (Lipinski definition) is 1. The fourth-order valence-corrected chi connectivity index (χ4v) is 3.02. The summed E-state index contributed by atoms with van der Waals surface area (Å²) in [6.07, 6.45) is 0. The molecule has 1 N–H and O–H groups in total. The van der Waals surface area contributed by atoms with E-state index in [1.807, 2.05) is 36.4 Å².